The highest BCUT2D eigenvalue weighted by Gasteiger charge is 2.28. The van der Waals surface area contributed by atoms with Gasteiger partial charge in [-0.25, -0.2) is 4.79 Å². The summed E-state index contributed by atoms with van der Waals surface area (Å²) in [7, 11) is 0. The molecule has 2 aromatic rings. The van der Waals surface area contributed by atoms with Crippen molar-refractivity contribution in [2.75, 3.05) is 19.7 Å². The van der Waals surface area contributed by atoms with Gasteiger partial charge in [-0.3, -0.25) is 0 Å². The van der Waals surface area contributed by atoms with Crippen LogP contribution in [0, 0.1) is 0 Å². The van der Waals surface area contributed by atoms with Crippen LogP contribution in [0.5, 0.6) is 0 Å². The zero-order valence-electron chi connectivity index (χ0n) is 11.7. The van der Waals surface area contributed by atoms with Crippen molar-refractivity contribution in [3.8, 4) is 0 Å². The average Bonchev–Trinajstić information content (AvgIpc) is 2.91. The van der Waals surface area contributed by atoms with Crippen LogP contribution < -0.4 is 0 Å². The fourth-order valence-corrected chi connectivity index (χ4v) is 2.90. The molecule has 4 nitrogen and oxygen atoms in total. The number of nitrogens with zero attached hydrogens (tertiary/aromatic N) is 1. The molecule has 4 heteroatoms. The Morgan fingerprint density at radius 3 is 3.15 bits per heavy atom. The molecule has 0 aliphatic carbocycles. The first-order valence-electron chi connectivity index (χ1n) is 7.17. The van der Waals surface area contributed by atoms with E-state index in [2.05, 4.69) is 6.07 Å². The number of fused-ring (bicyclic) bond motifs is 1. The van der Waals surface area contributed by atoms with E-state index in [1.165, 1.54) is 0 Å². The summed E-state index contributed by atoms with van der Waals surface area (Å²) < 4.78 is 10.9. The highest BCUT2D eigenvalue weighted by atomic mass is 16.6. The Morgan fingerprint density at radius 2 is 2.30 bits per heavy atom. The number of furan rings is 1. The topological polar surface area (TPSA) is 42.7 Å². The molecule has 0 spiro atoms. The smallest absolute Gasteiger partial charge is 0.409 e. The van der Waals surface area contributed by atoms with Gasteiger partial charge in [-0.2, -0.15) is 0 Å². The molecule has 1 aromatic carbocycles. The fourth-order valence-electron chi connectivity index (χ4n) is 2.90. The second-order valence-corrected chi connectivity index (χ2v) is 5.17. The maximum Gasteiger partial charge on any atom is 0.409 e. The molecule has 1 aliphatic heterocycles. The monoisotopic (exact) mass is 273 g/mol. The zero-order chi connectivity index (χ0) is 13.9. The lowest BCUT2D eigenvalue weighted by atomic mass is 9.93. The van der Waals surface area contributed by atoms with Gasteiger partial charge in [-0.15, -0.1) is 0 Å². The molecular formula is C16H19NO3. The zero-order valence-corrected chi connectivity index (χ0v) is 11.7. The highest BCUT2D eigenvalue weighted by molar-refractivity contribution is 5.84. The fraction of sp³-hybridized carbons (Fsp3) is 0.438. The second kappa shape index (κ2) is 5.57. The maximum atomic E-state index is 11.8. The largest absolute Gasteiger partial charge is 0.468 e. The molecule has 1 aromatic heterocycles. The van der Waals surface area contributed by atoms with Gasteiger partial charge in [-0.1, -0.05) is 24.3 Å². The molecular weight excluding hydrogens is 254 g/mol. The number of benzene rings is 1. The summed E-state index contributed by atoms with van der Waals surface area (Å²) in [6.45, 7) is 3.70. The van der Waals surface area contributed by atoms with Crippen molar-refractivity contribution in [3.63, 3.8) is 0 Å². The van der Waals surface area contributed by atoms with Crippen LogP contribution in [0.1, 0.15) is 31.4 Å². The van der Waals surface area contributed by atoms with Crippen molar-refractivity contribution in [2.45, 2.75) is 25.7 Å². The number of rotatable bonds is 2. The van der Waals surface area contributed by atoms with Crippen LogP contribution in [0.2, 0.25) is 0 Å². The van der Waals surface area contributed by atoms with Gasteiger partial charge in [0.25, 0.3) is 0 Å². The van der Waals surface area contributed by atoms with Gasteiger partial charge in [0.15, 0.2) is 0 Å². The van der Waals surface area contributed by atoms with Gasteiger partial charge in [0, 0.05) is 29.8 Å². The minimum absolute atomic E-state index is 0.215. The van der Waals surface area contributed by atoms with E-state index < -0.39 is 0 Å². The van der Waals surface area contributed by atoms with E-state index in [9.17, 15) is 4.79 Å². The van der Waals surface area contributed by atoms with Crippen molar-refractivity contribution in [1.82, 2.24) is 4.90 Å². The molecule has 1 amide bonds. The summed E-state index contributed by atoms with van der Waals surface area (Å²) in [5, 5.41) is 2.28. The molecule has 1 saturated heterocycles. The molecule has 1 fully saturated rings. The minimum Gasteiger partial charge on any atom is -0.468 e. The summed E-state index contributed by atoms with van der Waals surface area (Å²) in [5.41, 5.74) is 0. The third kappa shape index (κ3) is 2.38. The van der Waals surface area contributed by atoms with Crippen LogP contribution in [-0.4, -0.2) is 30.7 Å². The summed E-state index contributed by atoms with van der Waals surface area (Å²) in [6, 6.07) is 8.16. The number of carbonyl (C=O) groups is 1. The van der Waals surface area contributed by atoms with Crippen molar-refractivity contribution in [3.05, 3.63) is 36.3 Å². The second-order valence-electron chi connectivity index (χ2n) is 5.17. The predicted octanol–water partition coefficient (Wildman–Crippen LogP) is 3.77. The first kappa shape index (κ1) is 13.0. The van der Waals surface area contributed by atoms with Gasteiger partial charge in [0.05, 0.1) is 12.9 Å². The average molecular weight is 273 g/mol. The Kier molecular flexibility index (Phi) is 3.63. The molecule has 0 N–H and O–H groups in total. The third-order valence-electron chi connectivity index (χ3n) is 3.86. The summed E-state index contributed by atoms with van der Waals surface area (Å²) in [6.07, 6.45) is 3.62. The molecule has 106 valence electrons. The van der Waals surface area contributed by atoms with Gasteiger partial charge in [-0.05, 0) is 19.8 Å². The van der Waals surface area contributed by atoms with Gasteiger partial charge in [0.2, 0.25) is 0 Å². The SMILES string of the molecule is CCOC(=O)N1CCCC(c2occ3ccccc23)C1. The van der Waals surface area contributed by atoms with Crippen LogP contribution in [-0.2, 0) is 4.74 Å². The predicted molar refractivity (Wildman–Crippen MR) is 76.8 cm³/mol. The number of carbonyl (C=O) groups excluding carboxylic acids is 1. The molecule has 0 radical (unpaired) electrons. The molecule has 1 unspecified atom stereocenters. The molecule has 0 saturated carbocycles. The van der Waals surface area contributed by atoms with Crippen LogP contribution >= 0.6 is 0 Å². The number of hydrogen-bond acceptors (Lipinski definition) is 3. The molecule has 1 aliphatic rings. The number of piperidine rings is 1. The van der Waals surface area contributed by atoms with Crippen molar-refractivity contribution >= 4 is 16.9 Å². The summed E-state index contributed by atoms with van der Waals surface area (Å²) in [5.74, 6) is 1.25. The van der Waals surface area contributed by atoms with Crippen molar-refractivity contribution < 1.29 is 13.9 Å². The maximum absolute atomic E-state index is 11.8. The van der Waals surface area contributed by atoms with E-state index in [-0.39, 0.29) is 12.0 Å². The Hall–Kier alpha value is -1.97. The number of hydrogen-bond donors (Lipinski definition) is 0. The van der Waals surface area contributed by atoms with E-state index >= 15 is 0 Å². The van der Waals surface area contributed by atoms with E-state index in [1.807, 2.05) is 25.1 Å². The summed E-state index contributed by atoms with van der Waals surface area (Å²) >= 11 is 0. The standard InChI is InChI=1S/C16H19NO3/c1-2-19-16(18)17-9-5-7-12(10-17)15-14-8-4-3-6-13(14)11-20-15/h3-4,6,8,11-12H,2,5,7,9-10H2,1H3. The van der Waals surface area contributed by atoms with Crippen LogP contribution in [0.4, 0.5) is 4.79 Å². The molecule has 0 bridgehead atoms. The lowest BCUT2D eigenvalue weighted by Crippen LogP contribution is -2.39. The summed E-state index contributed by atoms with van der Waals surface area (Å²) in [4.78, 5) is 13.6. The highest BCUT2D eigenvalue weighted by Crippen LogP contribution is 2.33. The number of likely N-dealkylation sites (tertiary alicyclic amines) is 1. The molecule has 3 rings (SSSR count). The number of ether oxygens (including phenoxy) is 1. The number of amides is 1. The normalized spacial score (nSPS) is 19.2. The van der Waals surface area contributed by atoms with Gasteiger partial charge >= 0.3 is 6.09 Å². The van der Waals surface area contributed by atoms with E-state index in [4.69, 9.17) is 9.15 Å². The first-order valence-corrected chi connectivity index (χ1v) is 7.17. The van der Waals surface area contributed by atoms with E-state index in [0.29, 0.717) is 13.2 Å². The first-order chi connectivity index (χ1) is 9.79. The third-order valence-corrected chi connectivity index (χ3v) is 3.86. The Morgan fingerprint density at radius 1 is 1.45 bits per heavy atom. The van der Waals surface area contributed by atoms with Crippen molar-refractivity contribution in [1.29, 1.82) is 0 Å². The van der Waals surface area contributed by atoms with Crippen LogP contribution in [0.25, 0.3) is 10.8 Å². The van der Waals surface area contributed by atoms with E-state index in [0.717, 1.165) is 35.9 Å². The molecule has 20 heavy (non-hydrogen) atoms. The van der Waals surface area contributed by atoms with E-state index in [1.54, 1.807) is 11.2 Å². The molecule has 1 atom stereocenters. The Bertz CT molecular complexity index is 605. The Labute approximate surface area is 118 Å². The van der Waals surface area contributed by atoms with Crippen LogP contribution in [0.15, 0.2) is 34.9 Å². The molecule has 2 heterocycles. The van der Waals surface area contributed by atoms with Gasteiger partial charge in [0.1, 0.15) is 5.76 Å². The lowest BCUT2D eigenvalue weighted by Gasteiger charge is -2.31. The lowest BCUT2D eigenvalue weighted by molar-refractivity contribution is 0.0942. The Balaban J connectivity index is 1.81. The quantitative estimate of drug-likeness (QED) is 0.836. The minimum atomic E-state index is -0.215. The van der Waals surface area contributed by atoms with Crippen LogP contribution in [0.3, 0.4) is 0 Å². The van der Waals surface area contributed by atoms with Gasteiger partial charge < -0.3 is 14.1 Å². The van der Waals surface area contributed by atoms with Crippen molar-refractivity contribution in [2.24, 2.45) is 0 Å².